The summed E-state index contributed by atoms with van der Waals surface area (Å²) < 4.78 is 76.5. The molecule has 26 heteroatoms. The van der Waals surface area contributed by atoms with Crippen molar-refractivity contribution < 1.29 is 54.9 Å². The number of hydrogen-bond donors (Lipinski definition) is 2. The molecule has 15 nitrogen and oxygen atoms in total. The molecular formula is C33H26BCl6F3N6O9S. The number of nitrogens with zero attached hydrogens (tertiary/aromatic N) is 6. The van der Waals surface area contributed by atoms with Crippen molar-refractivity contribution in [3.05, 3.63) is 90.1 Å². The molecule has 0 aliphatic rings. The predicted molar refractivity (Wildman–Crippen MR) is 216 cm³/mol. The number of carbonyl (C=O) groups is 2. The van der Waals surface area contributed by atoms with E-state index in [1.165, 1.54) is 38.4 Å². The van der Waals surface area contributed by atoms with Crippen LogP contribution in [-0.2, 0) is 33.7 Å². The fourth-order valence-corrected chi connectivity index (χ4v) is 6.91. The van der Waals surface area contributed by atoms with Gasteiger partial charge in [-0.15, -0.1) is 0 Å². The quantitative estimate of drug-likeness (QED) is 0.0660. The summed E-state index contributed by atoms with van der Waals surface area (Å²) in [5.41, 5.74) is -4.63. The molecule has 0 saturated heterocycles. The second-order valence-corrected chi connectivity index (χ2v) is 15.5. The lowest BCUT2D eigenvalue weighted by Crippen LogP contribution is -2.29. The SMILES string of the molecule is CCOC(=O)c1c(-c2cc(Cl)cc(Cl)c2)nc2c(cnn2C)c1Cl.CCOC(=O)c1c(OS(=O)(=O)C(F)(F)F)nc2c(cnn2C)c1Cl.OB(O)c1cc(Cl)cc(Cl)c1. The van der Waals surface area contributed by atoms with Gasteiger partial charge in [0.15, 0.2) is 11.3 Å². The van der Waals surface area contributed by atoms with Gasteiger partial charge in [0.25, 0.3) is 5.88 Å². The van der Waals surface area contributed by atoms with Crippen molar-refractivity contribution in [2.45, 2.75) is 19.4 Å². The van der Waals surface area contributed by atoms with E-state index in [1.54, 1.807) is 43.0 Å². The highest BCUT2D eigenvalue weighted by molar-refractivity contribution is 7.88. The number of pyridine rings is 2. The molecule has 0 spiro atoms. The molecule has 0 fully saturated rings. The van der Waals surface area contributed by atoms with Gasteiger partial charge in [-0.25, -0.2) is 14.6 Å². The van der Waals surface area contributed by atoms with Gasteiger partial charge in [0.1, 0.15) is 11.1 Å². The van der Waals surface area contributed by atoms with Gasteiger partial charge in [-0.2, -0.15) is 36.8 Å². The number of ether oxygens (including phenoxy) is 2. The largest absolute Gasteiger partial charge is 0.534 e. The molecular weight excluding hydrogens is 937 g/mol. The molecule has 4 aromatic heterocycles. The number of carbonyl (C=O) groups excluding carboxylic acids is 2. The van der Waals surface area contributed by atoms with Gasteiger partial charge in [0, 0.05) is 39.7 Å². The van der Waals surface area contributed by atoms with E-state index in [1.807, 2.05) is 0 Å². The maximum Gasteiger partial charge on any atom is 0.534 e. The zero-order valence-electron chi connectivity index (χ0n) is 30.4. The Balaban J connectivity index is 0.000000209. The Morgan fingerprint density at radius 3 is 1.59 bits per heavy atom. The van der Waals surface area contributed by atoms with Crippen molar-refractivity contribution in [2.75, 3.05) is 13.2 Å². The highest BCUT2D eigenvalue weighted by Crippen LogP contribution is 2.37. The van der Waals surface area contributed by atoms with Gasteiger partial charge >= 0.3 is 34.7 Å². The van der Waals surface area contributed by atoms with Crippen LogP contribution in [0.5, 0.6) is 5.88 Å². The van der Waals surface area contributed by atoms with Crippen molar-refractivity contribution in [1.29, 1.82) is 0 Å². The van der Waals surface area contributed by atoms with Crippen molar-refractivity contribution in [3.8, 4) is 17.1 Å². The molecule has 6 aromatic rings. The normalized spacial score (nSPS) is 11.4. The maximum atomic E-state index is 12.5. The lowest BCUT2D eigenvalue weighted by atomic mass is 9.80. The summed E-state index contributed by atoms with van der Waals surface area (Å²) in [5, 5.41) is 27.5. The number of hydrogen-bond acceptors (Lipinski definition) is 13. The lowest BCUT2D eigenvalue weighted by molar-refractivity contribution is -0.0502. The summed E-state index contributed by atoms with van der Waals surface area (Å²) in [4.78, 5) is 32.5. The van der Waals surface area contributed by atoms with Crippen LogP contribution in [-0.4, -0.2) is 85.8 Å². The Hall–Kier alpha value is -4.12. The average Bonchev–Trinajstić information content (AvgIpc) is 3.69. The molecule has 0 aliphatic carbocycles. The van der Waals surface area contributed by atoms with E-state index >= 15 is 0 Å². The van der Waals surface area contributed by atoms with Gasteiger partial charge in [0.05, 0.1) is 52.1 Å². The first-order valence-corrected chi connectivity index (χ1v) is 19.8. The van der Waals surface area contributed by atoms with Crippen LogP contribution in [0.2, 0.25) is 30.1 Å². The van der Waals surface area contributed by atoms with Gasteiger partial charge in [-0.05, 0) is 55.7 Å². The minimum atomic E-state index is -6.06. The summed E-state index contributed by atoms with van der Waals surface area (Å²) in [6.45, 7) is 3.24. The maximum absolute atomic E-state index is 12.5. The molecule has 0 aliphatic heterocycles. The second kappa shape index (κ2) is 19.5. The number of esters is 2. The van der Waals surface area contributed by atoms with E-state index < -0.39 is 46.1 Å². The standard InChI is InChI=1S/C16H12Cl3N3O2.C11H9ClF3N3O5S.C6H5BCl2O2/c1-3-24-16(23)12-13(19)11-7-20-22(2)15(11)21-14(12)8-4-9(17)6-10(18)5-8;1-3-22-10(19)6-7(12)5-4-16-18(2)8(5)17-9(6)23-24(20,21)11(13,14)15;8-5-1-4(7(10)11)2-6(9)3-5/h4-7H,3H2,1-2H3;4H,3H2,1-2H3;1-3,10-11H. The first-order valence-electron chi connectivity index (χ1n) is 16.2. The van der Waals surface area contributed by atoms with Gasteiger partial charge < -0.3 is 23.7 Å². The smallest absolute Gasteiger partial charge is 0.462 e. The second-order valence-electron chi connectivity index (χ2n) is 11.4. The number of benzene rings is 2. The van der Waals surface area contributed by atoms with E-state index in [9.17, 15) is 31.2 Å². The first kappa shape index (κ1) is 47.6. The van der Waals surface area contributed by atoms with Crippen molar-refractivity contribution in [3.63, 3.8) is 0 Å². The Morgan fingerprint density at radius 1 is 0.729 bits per heavy atom. The summed E-state index contributed by atoms with van der Waals surface area (Å²) >= 11 is 35.8. The van der Waals surface area contributed by atoms with Crippen LogP contribution in [0.3, 0.4) is 0 Å². The van der Waals surface area contributed by atoms with E-state index in [0.717, 1.165) is 4.68 Å². The Morgan fingerprint density at radius 2 is 1.15 bits per heavy atom. The van der Waals surface area contributed by atoms with Crippen molar-refractivity contribution in [1.82, 2.24) is 29.5 Å². The topological polar surface area (TPSA) is 198 Å². The number of aromatic nitrogens is 6. The van der Waals surface area contributed by atoms with Crippen molar-refractivity contribution >= 4 is 126 Å². The monoisotopic (exact) mass is 960 g/mol. The minimum absolute atomic E-state index is 0.0829. The van der Waals surface area contributed by atoms with Crippen LogP contribution in [0.1, 0.15) is 34.6 Å². The van der Waals surface area contributed by atoms with Gasteiger partial charge in [-0.1, -0.05) is 69.6 Å². The number of fused-ring (bicyclic) bond motifs is 2. The highest BCUT2D eigenvalue weighted by Gasteiger charge is 2.49. The predicted octanol–water partition coefficient (Wildman–Crippen LogP) is 7.47. The third-order valence-electron chi connectivity index (χ3n) is 7.35. The Kier molecular flexibility index (Phi) is 15.7. The first-order chi connectivity index (χ1) is 27.5. The van der Waals surface area contributed by atoms with Crippen molar-refractivity contribution in [2.24, 2.45) is 14.1 Å². The zero-order valence-corrected chi connectivity index (χ0v) is 35.7. The van der Waals surface area contributed by atoms with Gasteiger partial charge in [-0.3, -0.25) is 9.36 Å². The van der Waals surface area contributed by atoms with Crippen LogP contribution in [0, 0.1) is 0 Å². The van der Waals surface area contributed by atoms with E-state index in [-0.39, 0.29) is 39.9 Å². The molecule has 0 amide bonds. The number of halogens is 9. The van der Waals surface area contributed by atoms with Crippen LogP contribution in [0.4, 0.5) is 13.2 Å². The molecule has 2 aromatic carbocycles. The van der Waals surface area contributed by atoms with E-state index in [4.69, 9.17) is 84.4 Å². The van der Waals surface area contributed by atoms with Crippen LogP contribution >= 0.6 is 69.6 Å². The lowest BCUT2D eigenvalue weighted by Gasteiger charge is -2.13. The van der Waals surface area contributed by atoms with Crippen LogP contribution < -0.4 is 9.65 Å². The summed E-state index contributed by atoms with van der Waals surface area (Å²) in [6, 6.07) is 9.33. The number of alkyl halides is 3. The van der Waals surface area contributed by atoms with E-state index in [2.05, 4.69) is 29.1 Å². The molecule has 314 valence electrons. The highest BCUT2D eigenvalue weighted by atomic mass is 35.5. The fraction of sp³-hybridized carbons (Fsp3) is 0.212. The summed E-state index contributed by atoms with van der Waals surface area (Å²) in [6.07, 6.45) is 2.76. The summed E-state index contributed by atoms with van der Waals surface area (Å²) in [5.74, 6) is -2.90. The Bertz CT molecular complexity index is 2630. The van der Waals surface area contributed by atoms with Crippen LogP contribution in [0.15, 0.2) is 48.8 Å². The Labute approximate surface area is 362 Å². The third-order valence-corrected chi connectivity index (χ3v) is 9.96. The summed E-state index contributed by atoms with van der Waals surface area (Å²) in [7, 11) is -4.46. The molecule has 2 N–H and O–H groups in total. The molecule has 0 atom stereocenters. The molecule has 59 heavy (non-hydrogen) atoms. The van der Waals surface area contributed by atoms with Crippen LogP contribution in [0.25, 0.3) is 33.3 Å². The zero-order chi connectivity index (χ0) is 44.1. The molecule has 6 rings (SSSR count). The molecule has 0 saturated carbocycles. The van der Waals surface area contributed by atoms with Gasteiger partial charge in [0.2, 0.25) is 0 Å². The molecule has 0 bridgehead atoms. The van der Waals surface area contributed by atoms with E-state index in [0.29, 0.717) is 47.8 Å². The number of rotatable bonds is 8. The fourth-order valence-electron chi connectivity index (χ4n) is 4.82. The average molecular weight is 963 g/mol. The third kappa shape index (κ3) is 11.2. The molecule has 4 heterocycles. The molecule has 0 radical (unpaired) electrons. The number of aryl methyl sites for hydroxylation is 2. The minimum Gasteiger partial charge on any atom is -0.462 e. The molecule has 0 unspecified atom stereocenters.